The Morgan fingerprint density at radius 1 is 1.33 bits per heavy atom. The Kier molecular flexibility index (Phi) is 5.15. The van der Waals surface area contributed by atoms with Gasteiger partial charge in [0.2, 0.25) is 10.0 Å². The van der Waals surface area contributed by atoms with Crippen molar-refractivity contribution in [3.63, 3.8) is 0 Å². The summed E-state index contributed by atoms with van der Waals surface area (Å²) in [6.07, 6.45) is 0. The zero-order valence-corrected chi connectivity index (χ0v) is 14.4. The molecule has 0 saturated carbocycles. The van der Waals surface area contributed by atoms with Crippen molar-refractivity contribution < 1.29 is 12.8 Å². The molecule has 0 aliphatic heterocycles. The lowest BCUT2D eigenvalue weighted by molar-refractivity contribution is 0.549. The van der Waals surface area contributed by atoms with Crippen molar-refractivity contribution >= 4 is 37.3 Å². The molecule has 0 saturated heterocycles. The molecule has 0 fully saturated rings. The number of sulfonamides is 1. The molecule has 0 atom stereocenters. The van der Waals surface area contributed by atoms with Crippen LogP contribution in [0.25, 0.3) is 0 Å². The smallest absolute Gasteiger partial charge is 0.243 e. The van der Waals surface area contributed by atoms with E-state index in [-0.39, 0.29) is 18.7 Å². The van der Waals surface area contributed by atoms with Crippen LogP contribution in [0.1, 0.15) is 16.7 Å². The molecule has 114 valence electrons. The summed E-state index contributed by atoms with van der Waals surface area (Å²) in [5.41, 5.74) is 7.45. The van der Waals surface area contributed by atoms with Crippen LogP contribution in [0.15, 0.2) is 32.3 Å². The van der Waals surface area contributed by atoms with Crippen LogP contribution in [0.4, 0.5) is 4.39 Å². The normalized spacial score (nSPS) is 11.8. The third kappa shape index (κ3) is 3.70. The van der Waals surface area contributed by atoms with Gasteiger partial charge in [0.15, 0.2) is 0 Å². The van der Waals surface area contributed by atoms with E-state index in [0.29, 0.717) is 4.47 Å². The topological polar surface area (TPSA) is 72.2 Å². The number of thiophene rings is 1. The van der Waals surface area contributed by atoms with Crippen molar-refractivity contribution in [1.29, 1.82) is 0 Å². The molecule has 2 rings (SSSR count). The molecule has 3 N–H and O–H groups in total. The maximum atomic E-state index is 14.2. The minimum atomic E-state index is -3.94. The van der Waals surface area contributed by atoms with Crippen LogP contribution < -0.4 is 10.5 Å². The first-order valence-electron chi connectivity index (χ1n) is 6.04. The fourth-order valence-electron chi connectivity index (χ4n) is 1.78. The number of aryl methyl sites for hydroxylation is 1. The number of hydrogen-bond donors (Lipinski definition) is 2. The lowest BCUT2D eigenvalue weighted by atomic mass is 10.2. The molecule has 0 spiro atoms. The first-order valence-corrected chi connectivity index (χ1v) is 9.26. The monoisotopic (exact) mass is 392 g/mol. The number of halogens is 2. The number of benzene rings is 1. The first-order chi connectivity index (χ1) is 9.85. The van der Waals surface area contributed by atoms with Gasteiger partial charge in [-0.1, -0.05) is 15.9 Å². The molecule has 0 bridgehead atoms. The van der Waals surface area contributed by atoms with Gasteiger partial charge in [-0.15, -0.1) is 0 Å². The third-order valence-electron chi connectivity index (χ3n) is 3.00. The first kappa shape index (κ1) is 16.6. The Balaban J connectivity index is 2.32. The van der Waals surface area contributed by atoms with Crippen molar-refractivity contribution in [2.75, 3.05) is 0 Å². The molecule has 0 unspecified atom stereocenters. The van der Waals surface area contributed by atoms with Crippen molar-refractivity contribution in [3.05, 3.63) is 49.9 Å². The van der Waals surface area contributed by atoms with Crippen LogP contribution in [0.5, 0.6) is 0 Å². The van der Waals surface area contributed by atoms with Crippen LogP contribution >= 0.6 is 27.3 Å². The van der Waals surface area contributed by atoms with Crippen LogP contribution in [-0.2, 0) is 23.1 Å². The summed E-state index contributed by atoms with van der Waals surface area (Å²) in [6.45, 7) is 1.95. The molecule has 1 aromatic carbocycles. The van der Waals surface area contributed by atoms with Gasteiger partial charge >= 0.3 is 0 Å². The fraction of sp³-hybridized carbons (Fsp3) is 0.231. The largest absolute Gasteiger partial charge is 0.326 e. The summed E-state index contributed by atoms with van der Waals surface area (Å²) >= 11 is 4.66. The SMILES string of the molecule is Cc1cscc1CNS(=O)(=O)c1cc(Br)cc(CN)c1F. The summed E-state index contributed by atoms with van der Waals surface area (Å²) in [5, 5.41) is 3.79. The summed E-state index contributed by atoms with van der Waals surface area (Å²) < 4.78 is 41.6. The molecule has 21 heavy (non-hydrogen) atoms. The van der Waals surface area contributed by atoms with Crippen molar-refractivity contribution in [1.82, 2.24) is 4.72 Å². The van der Waals surface area contributed by atoms with Gasteiger partial charge in [0.1, 0.15) is 10.7 Å². The lowest BCUT2D eigenvalue weighted by Crippen LogP contribution is -2.25. The highest BCUT2D eigenvalue weighted by molar-refractivity contribution is 9.10. The number of nitrogens with one attached hydrogen (secondary N) is 1. The quantitative estimate of drug-likeness (QED) is 0.821. The minimum absolute atomic E-state index is 0.0720. The van der Waals surface area contributed by atoms with E-state index in [1.807, 2.05) is 17.7 Å². The molecule has 1 aromatic heterocycles. The highest BCUT2D eigenvalue weighted by Crippen LogP contribution is 2.24. The summed E-state index contributed by atoms with van der Waals surface area (Å²) in [4.78, 5) is -0.398. The van der Waals surface area contributed by atoms with E-state index in [1.54, 1.807) is 0 Å². The second kappa shape index (κ2) is 6.53. The van der Waals surface area contributed by atoms with Crippen LogP contribution in [0.3, 0.4) is 0 Å². The van der Waals surface area contributed by atoms with Gasteiger partial charge in [0, 0.05) is 23.1 Å². The van der Waals surface area contributed by atoms with Gasteiger partial charge in [0.05, 0.1) is 0 Å². The Hall–Kier alpha value is -0.800. The van der Waals surface area contributed by atoms with Crippen molar-refractivity contribution in [2.24, 2.45) is 5.73 Å². The van der Waals surface area contributed by atoms with E-state index >= 15 is 0 Å². The Labute approximate surface area is 135 Å². The maximum absolute atomic E-state index is 14.2. The van der Waals surface area contributed by atoms with Crippen LogP contribution in [-0.4, -0.2) is 8.42 Å². The van der Waals surface area contributed by atoms with Gasteiger partial charge in [-0.3, -0.25) is 0 Å². The molecule has 0 aliphatic carbocycles. The Morgan fingerprint density at radius 3 is 2.62 bits per heavy atom. The molecule has 0 radical (unpaired) electrons. The molecule has 2 aromatic rings. The van der Waals surface area contributed by atoms with Gasteiger partial charge in [-0.2, -0.15) is 11.3 Å². The standard InChI is InChI=1S/C13H14BrFN2O2S2/c1-8-6-20-7-10(8)5-17-21(18,19)12-3-11(14)2-9(4-16)13(12)15/h2-3,6-7,17H,4-5,16H2,1H3. The van der Waals surface area contributed by atoms with E-state index in [9.17, 15) is 12.8 Å². The van der Waals surface area contributed by atoms with Crippen LogP contribution in [0.2, 0.25) is 0 Å². The molecule has 8 heteroatoms. The molecule has 4 nitrogen and oxygen atoms in total. The summed E-state index contributed by atoms with van der Waals surface area (Å²) in [7, 11) is -3.94. The second-order valence-corrected chi connectivity index (χ2v) is 7.88. The van der Waals surface area contributed by atoms with E-state index in [4.69, 9.17) is 5.73 Å². The predicted molar refractivity (Wildman–Crippen MR) is 85.1 cm³/mol. The van der Waals surface area contributed by atoms with Gasteiger partial charge < -0.3 is 5.73 Å². The zero-order chi connectivity index (χ0) is 15.6. The van der Waals surface area contributed by atoms with Crippen molar-refractivity contribution in [2.45, 2.75) is 24.9 Å². The number of hydrogen-bond acceptors (Lipinski definition) is 4. The summed E-state index contributed by atoms with van der Waals surface area (Å²) in [6, 6.07) is 2.70. The highest BCUT2D eigenvalue weighted by Gasteiger charge is 2.22. The van der Waals surface area contributed by atoms with E-state index in [1.165, 1.54) is 23.5 Å². The predicted octanol–water partition coefficient (Wildman–Crippen LogP) is 2.90. The third-order valence-corrected chi connectivity index (χ3v) is 5.77. The highest BCUT2D eigenvalue weighted by atomic mass is 79.9. The summed E-state index contributed by atoms with van der Waals surface area (Å²) in [5.74, 6) is -0.810. The minimum Gasteiger partial charge on any atom is -0.326 e. The van der Waals surface area contributed by atoms with Crippen LogP contribution in [0, 0.1) is 12.7 Å². The molecular weight excluding hydrogens is 379 g/mol. The van der Waals surface area contributed by atoms with E-state index < -0.39 is 20.7 Å². The van der Waals surface area contributed by atoms with Gasteiger partial charge in [0.25, 0.3) is 0 Å². The van der Waals surface area contributed by atoms with E-state index in [2.05, 4.69) is 20.7 Å². The molecule has 0 amide bonds. The molecule has 1 heterocycles. The zero-order valence-electron chi connectivity index (χ0n) is 11.2. The van der Waals surface area contributed by atoms with Gasteiger partial charge in [-0.25, -0.2) is 17.5 Å². The van der Waals surface area contributed by atoms with E-state index in [0.717, 1.165) is 11.1 Å². The molecule has 0 aliphatic rings. The lowest BCUT2D eigenvalue weighted by Gasteiger charge is -2.10. The number of nitrogens with two attached hydrogens (primary N) is 1. The average Bonchev–Trinajstić information content (AvgIpc) is 2.84. The Bertz CT molecular complexity index is 760. The second-order valence-electron chi connectivity index (χ2n) is 4.49. The maximum Gasteiger partial charge on any atom is 0.243 e. The number of rotatable bonds is 5. The van der Waals surface area contributed by atoms with Gasteiger partial charge in [-0.05, 0) is 40.9 Å². The molecular formula is C13H14BrFN2O2S2. The average molecular weight is 393 g/mol. The fourth-order valence-corrected chi connectivity index (χ4v) is 4.44. The Morgan fingerprint density at radius 2 is 2.05 bits per heavy atom. The van der Waals surface area contributed by atoms with Crippen molar-refractivity contribution in [3.8, 4) is 0 Å².